The van der Waals surface area contributed by atoms with E-state index in [1.165, 1.54) is 6.08 Å². The fourth-order valence-corrected chi connectivity index (χ4v) is 2.85. The number of aryl methyl sites for hydroxylation is 1. The highest BCUT2D eigenvalue weighted by atomic mass is 32.1. The second-order valence-electron chi connectivity index (χ2n) is 6.32. The van der Waals surface area contributed by atoms with Crippen LogP contribution in [0.3, 0.4) is 0 Å². The number of nitrogens with one attached hydrogen (secondary N) is 1. The number of aliphatic hydroxyl groups is 1. The molecular formula is C22H26N2O3S. The summed E-state index contributed by atoms with van der Waals surface area (Å²) in [5.74, 6) is 0.472. The van der Waals surface area contributed by atoms with Crippen LogP contribution in [0, 0.1) is 6.92 Å². The summed E-state index contributed by atoms with van der Waals surface area (Å²) in [6.07, 6.45) is 4.62. The molecule has 148 valence electrons. The van der Waals surface area contributed by atoms with Gasteiger partial charge in [-0.3, -0.25) is 10.1 Å². The molecule has 0 bridgehead atoms. The van der Waals surface area contributed by atoms with Gasteiger partial charge < -0.3 is 14.7 Å². The molecule has 0 unspecified atom stereocenters. The normalized spacial score (nSPS) is 10.7. The van der Waals surface area contributed by atoms with Gasteiger partial charge in [0.1, 0.15) is 5.75 Å². The first-order valence-corrected chi connectivity index (χ1v) is 9.56. The molecule has 0 aliphatic heterocycles. The van der Waals surface area contributed by atoms with Crippen LogP contribution in [-0.2, 0) is 4.79 Å². The molecule has 1 amide bonds. The summed E-state index contributed by atoms with van der Waals surface area (Å²) in [4.78, 5) is 14.2. The smallest absolute Gasteiger partial charge is 0.250 e. The average molecular weight is 399 g/mol. The maximum atomic E-state index is 12.3. The van der Waals surface area contributed by atoms with Crippen LogP contribution in [0.4, 0.5) is 5.69 Å². The van der Waals surface area contributed by atoms with Gasteiger partial charge in [-0.1, -0.05) is 29.8 Å². The summed E-state index contributed by atoms with van der Waals surface area (Å²) in [6, 6.07) is 15.4. The first kappa shape index (κ1) is 21.6. The topological polar surface area (TPSA) is 61.8 Å². The zero-order valence-electron chi connectivity index (χ0n) is 16.2. The van der Waals surface area contributed by atoms with Crippen LogP contribution in [0.15, 0.2) is 54.6 Å². The number of carbonyl (C=O) groups excluding carboxylic acids is 1. The molecule has 0 fully saturated rings. The number of hydrogen-bond donors (Lipinski definition) is 2. The van der Waals surface area contributed by atoms with Crippen LogP contribution in [0.25, 0.3) is 6.08 Å². The predicted molar refractivity (Wildman–Crippen MR) is 118 cm³/mol. The van der Waals surface area contributed by atoms with Gasteiger partial charge >= 0.3 is 0 Å². The first-order valence-electron chi connectivity index (χ1n) is 9.15. The third-order valence-corrected chi connectivity index (χ3v) is 4.48. The molecule has 2 N–H and O–H groups in total. The van der Waals surface area contributed by atoms with Crippen LogP contribution in [0.5, 0.6) is 5.75 Å². The maximum Gasteiger partial charge on any atom is 0.250 e. The zero-order valence-corrected chi connectivity index (χ0v) is 17.0. The summed E-state index contributed by atoms with van der Waals surface area (Å²) >= 11 is 5.46. The van der Waals surface area contributed by atoms with Gasteiger partial charge in [-0.15, -0.1) is 0 Å². The van der Waals surface area contributed by atoms with E-state index in [-0.39, 0.29) is 12.5 Å². The third kappa shape index (κ3) is 6.79. The lowest BCUT2D eigenvalue weighted by atomic mass is 10.2. The standard InChI is InChI=1S/C22H26N2O3S/c1-17-5-10-19(11-6-17)24(15-3-4-16-25)22(28)23-21(26)14-9-18-7-12-20(27-2)13-8-18/h5-14,25H,3-4,15-16H2,1-2H3,(H,23,26,28)/b14-9+. The second-order valence-corrected chi connectivity index (χ2v) is 6.71. The molecule has 0 heterocycles. The Labute approximate surface area is 171 Å². The van der Waals surface area contributed by atoms with Crippen LogP contribution >= 0.6 is 12.2 Å². The lowest BCUT2D eigenvalue weighted by molar-refractivity contribution is -0.115. The molecule has 0 aliphatic carbocycles. The Balaban J connectivity index is 2.02. The minimum atomic E-state index is -0.292. The van der Waals surface area contributed by atoms with Crippen LogP contribution in [0.1, 0.15) is 24.0 Å². The molecule has 6 heteroatoms. The Bertz CT molecular complexity index is 802. The highest BCUT2D eigenvalue weighted by molar-refractivity contribution is 7.80. The van der Waals surface area contributed by atoms with Gasteiger partial charge in [-0.05, 0) is 67.9 Å². The van der Waals surface area contributed by atoms with Crippen molar-refractivity contribution in [2.45, 2.75) is 19.8 Å². The van der Waals surface area contributed by atoms with Gasteiger partial charge in [0.25, 0.3) is 0 Å². The van der Waals surface area contributed by atoms with Crippen molar-refractivity contribution < 1.29 is 14.6 Å². The quantitative estimate of drug-likeness (QED) is 0.403. The molecular weight excluding hydrogens is 372 g/mol. The fourth-order valence-electron chi connectivity index (χ4n) is 2.56. The Kier molecular flexibility index (Phi) is 8.65. The molecule has 2 aromatic rings. The van der Waals surface area contributed by atoms with E-state index in [4.69, 9.17) is 22.1 Å². The van der Waals surface area contributed by atoms with E-state index in [1.807, 2.05) is 60.4 Å². The van der Waals surface area contributed by atoms with Crippen molar-refractivity contribution in [2.24, 2.45) is 0 Å². The Morgan fingerprint density at radius 3 is 2.43 bits per heavy atom. The van der Waals surface area contributed by atoms with Crippen molar-refractivity contribution in [1.29, 1.82) is 0 Å². The van der Waals surface area contributed by atoms with E-state index in [0.29, 0.717) is 18.1 Å². The molecule has 28 heavy (non-hydrogen) atoms. The number of hydrogen-bond acceptors (Lipinski definition) is 4. The number of aliphatic hydroxyl groups excluding tert-OH is 1. The molecule has 0 saturated carbocycles. The maximum absolute atomic E-state index is 12.3. The first-order chi connectivity index (χ1) is 13.5. The summed E-state index contributed by atoms with van der Waals surface area (Å²) in [6.45, 7) is 2.76. The second kappa shape index (κ2) is 11.2. The number of rotatable bonds is 8. The van der Waals surface area contributed by atoms with Crippen molar-refractivity contribution in [2.75, 3.05) is 25.2 Å². The molecule has 5 nitrogen and oxygen atoms in total. The SMILES string of the molecule is COc1ccc(/C=C/C(=O)NC(=S)N(CCCCO)c2ccc(C)cc2)cc1. The Morgan fingerprint density at radius 1 is 1.14 bits per heavy atom. The Hall–Kier alpha value is -2.70. The lowest BCUT2D eigenvalue weighted by Crippen LogP contribution is -2.42. The summed E-state index contributed by atoms with van der Waals surface area (Å²) in [5, 5.41) is 12.1. The minimum absolute atomic E-state index is 0.130. The number of thiocarbonyl (C=S) groups is 1. The molecule has 2 rings (SSSR count). The third-order valence-electron chi connectivity index (χ3n) is 4.15. The molecule has 0 spiro atoms. The number of ether oxygens (including phenoxy) is 1. The van der Waals surface area contributed by atoms with E-state index in [9.17, 15) is 4.79 Å². The number of methoxy groups -OCH3 is 1. The largest absolute Gasteiger partial charge is 0.497 e. The summed E-state index contributed by atoms with van der Waals surface area (Å²) < 4.78 is 5.12. The number of nitrogens with zero attached hydrogens (tertiary/aromatic N) is 1. The summed E-state index contributed by atoms with van der Waals surface area (Å²) in [5.41, 5.74) is 2.95. The summed E-state index contributed by atoms with van der Waals surface area (Å²) in [7, 11) is 1.61. The number of unbranched alkanes of at least 4 members (excludes halogenated alkanes) is 1. The highest BCUT2D eigenvalue weighted by Gasteiger charge is 2.13. The van der Waals surface area contributed by atoms with E-state index in [0.717, 1.165) is 29.0 Å². The predicted octanol–water partition coefficient (Wildman–Crippen LogP) is 3.70. The average Bonchev–Trinajstić information content (AvgIpc) is 2.71. The minimum Gasteiger partial charge on any atom is -0.497 e. The number of benzene rings is 2. The number of carbonyl (C=O) groups is 1. The molecule has 0 aromatic heterocycles. The van der Waals surface area contributed by atoms with Crippen molar-refractivity contribution in [3.8, 4) is 5.75 Å². The Morgan fingerprint density at radius 2 is 1.82 bits per heavy atom. The monoisotopic (exact) mass is 398 g/mol. The van der Waals surface area contributed by atoms with Crippen molar-refractivity contribution in [3.63, 3.8) is 0 Å². The van der Waals surface area contributed by atoms with Crippen LogP contribution in [0.2, 0.25) is 0 Å². The molecule has 0 atom stereocenters. The van der Waals surface area contributed by atoms with Gasteiger partial charge in [0.15, 0.2) is 5.11 Å². The van der Waals surface area contributed by atoms with Gasteiger partial charge in [0.05, 0.1) is 7.11 Å². The van der Waals surface area contributed by atoms with Gasteiger partial charge in [0, 0.05) is 24.9 Å². The highest BCUT2D eigenvalue weighted by Crippen LogP contribution is 2.16. The van der Waals surface area contributed by atoms with E-state index < -0.39 is 0 Å². The fraction of sp³-hybridized carbons (Fsp3) is 0.273. The number of amides is 1. The molecule has 2 aromatic carbocycles. The van der Waals surface area contributed by atoms with Crippen molar-refractivity contribution in [1.82, 2.24) is 5.32 Å². The van der Waals surface area contributed by atoms with Gasteiger partial charge in [0.2, 0.25) is 5.91 Å². The van der Waals surface area contributed by atoms with E-state index >= 15 is 0 Å². The van der Waals surface area contributed by atoms with Gasteiger partial charge in [-0.2, -0.15) is 0 Å². The molecule has 0 saturated heterocycles. The zero-order chi connectivity index (χ0) is 20.4. The van der Waals surface area contributed by atoms with Crippen molar-refractivity contribution in [3.05, 3.63) is 65.7 Å². The van der Waals surface area contributed by atoms with E-state index in [1.54, 1.807) is 13.2 Å². The van der Waals surface area contributed by atoms with Gasteiger partial charge in [-0.25, -0.2) is 0 Å². The molecule has 0 radical (unpaired) electrons. The van der Waals surface area contributed by atoms with E-state index in [2.05, 4.69) is 5.32 Å². The van der Waals surface area contributed by atoms with Crippen molar-refractivity contribution >= 4 is 35.0 Å². The lowest BCUT2D eigenvalue weighted by Gasteiger charge is -2.25. The molecule has 0 aliphatic rings. The van der Waals surface area contributed by atoms with Crippen LogP contribution in [-0.4, -0.2) is 36.4 Å². The number of anilines is 1. The van der Waals surface area contributed by atoms with Crippen LogP contribution < -0.4 is 15.0 Å².